The molecule has 1 aliphatic rings. The van der Waals surface area contributed by atoms with E-state index in [0.717, 1.165) is 4.88 Å². The first-order valence-corrected chi connectivity index (χ1v) is 12.2. The number of carboxylic acid groups (broad SMARTS) is 1. The summed E-state index contributed by atoms with van der Waals surface area (Å²) in [5, 5.41) is 12.8. The number of ether oxygens (including phenoxy) is 2. The minimum Gasteiger partial charge on any atom is -0.486 e. The molecule has 2 heterocycles. The topological polar surface area (TPSA) is 122 Å². The maximum absolute atomic E-state index is 13.6. The van der Waals surface area contributed by atoms with Crippen molar-refractivity contribution in [3.05, 3.63) is 70.4 Å². The molecule has 4 rings (SSSR count). The van der Waals surface area contributed by atoms with Gasteiger partial charge in [-0.3, -0.25) is 13.9 Å². The molecule has 11 heteroatoms. The van der Waals surface area contributed by atoms with E-state index in [1.54, 1.807) is 18.2 Å². The molecule has 1 amide bonds. The number of sulfonamides is 1. The van der Waals surface area contributed by atoms with Crippen LogP contribution in [0.2, 0.25) is 0 Å². The van der Waals surface area contributed by atoms with Gasteiger partial charge in [-0.15, -0.1) is 11.3 Å². The highest BCUT2D eigenvalue weighted by atomic mass is 32.2. The Balaban J connectivity index is 1.66. The number of benzene rings is 2. The first kappa shape index (κ1) is 22.6. The number of fused-ring (bicyclic) bond motifs is 1. The van der Waals surface area contributed by atoms with Gasteiger partial charge in [-0.1, -0.05) is 6.07 Å². The average molecular weight is 489 g/mol. The summed E-state index contributed by atoms with van der Waals surface area (Å²) in [5.74, 6) is -0.763. The molecule has 0 bridgehead atoms. The van der Waals surface area contributed by atoms with Crippen molar-refractivity contribution in [2.45, 2.75) is 11.4 Å². The molecular formula is C22H20N2O7S2. The third kappa shape index (κ3) is 5.10. The summed E-state index contributed by atoms with van der Waals surface area (Å²) in [6, 6.07) is 14.0. The molecule has 0 fully saturated rings. The molecule has 0 saturated heterocycles. The van der Waals surface area contributed by atoms with Crippen LogP contribution in [0.1, 0.15) is 15.2 Å². The molecular weight excluding hydrogens is 468 g/mol. The molecule has 0 aliphatic carbocycles. The largest absolute Gasteiger partial charge is 0.486 e. The summed E-state index contributed by atoms with van der Waals surface area (Å²) < 4.78 is 39.6. The van der Waals surface area contributed by atoms with Gasteiger partial charge in [-0.2, -0.15) is 0 Å². The maximum atomic E-state index is 13.6. The van der Waals surface area contributed by atoms with Gasteiger partial charge in [0, 0.05) is 16.5 Å². The molecule has 2 aromatic carbocycles. The monoisotopic (exact) mass is 488 g/mol. The van der Waals surface area contributed by atoms with E-state index in [-0.39, 0.29) is 17.0 Å². The SMILES string of the molecule is O=C(O)CNC(=O)c1ccc(S(=O)(=O)N(Cc2cccs2)c2ccc3c(c2)OCCO3)cc1. The number of carboxylic acids is 1. The summed E-state index contributed by atoms with van der Waals surface area (Å²) in [6.07, 6.45) is 0. The molecule has 0 unspecified atom stereocenters. The Labute approximate surface area is 194 Å². The number of carbonyl (C=O) groups excluding carboxylic acids is 1. The van der Waals surface area contributed by atoms with Crippen LogP contribution in [-0.2, 0) is 21.4 Å². The zero-order valence-corrected chi connectivity index (χ0v) is 18.9. The van der Waals surface area contributed by atoms with Gasteiger partial charge in [-0.05, 0) is 47.8 Å². The second kappa shape index (κ2) is 9.51. The number of hydrogen-bond acceptors (Lipinski definition) is 7. The van der Waals surface area contributed by atoms with E-state index in [2.05, 4.69) is 5.32 Å². The number of nitrogens with one attached hydrogen (secondary N) is 1. The van der Waals surface area contributed by atoms with Crippen LogP contribution in [-0.4, -0.2) is 45.2 Å². The van der Waals surface area contributed by atoms with Gasteiger partial charge in [0.1, 0.15) is 19.8 Å². The zero-order chi connectivity index (χ0) is 23.4. The van der Waals surface area contributed by atoms with Crippen molar-refractivity contribution in [3.8, 4) is 11.5 Å². The minimum atomic E-state index is -4.01. The summed E-state index contributed by atoms with van der Waals surface area (Å²) in [6.45, 7) is 0.383. The Morgan fingerprint density at radius 1 is 1.03 bits per heavy atom. The predicted octanol–water partition coefficient (Wildman–Crippen LogP) is 2.73. The predicted molar refractivity (Wildman–Crippen MR) is 122 cm³/mol. The normalized spacial score (nSPS) is 12.7. The molecule has 9 nitrogen and oxygen atoms in total. The second-order valence-corrected chi connectivity index (χ2v) is 9.91. The average Bonchev–Trinajstić information content (AvgIpc) is 3.34. The lowest BCUT2D eigenvalue weighted by Crippen LogP contribution is -2.31. The van der Waals surface area contributed by atoms with Gasteiger partial charge < -0.3 is 19.9 Å². The van der Waals surface area contributed by atoms with E-state index in [4.69, 9.17) is 14.6 Å². The molecule has 0 saturated carbocycles. The lowest BCUT2D eigenvalue weighted by Gasteiger charge is -2.26. The Morgan fingerprint density at radius 3 is 2.42 bits per heavy atom. The fourth-order valence-corrected chi connectivity index (χ4v) is 5.42. The number of hydrogen-bond donors (Lipinski definition) is 2. The number of nitrogens with zero attached hydrogens (tertiary/aromatic N) is 1. The number of carbonyl (C=O) groups is 2. The maximum Gasteiger partial charge on any atom is 0.322 e. The quantitative estimate of drug-likeness (QED) is 0.500. The van der Waals surface area contributed by atoms with Crippen LogP contribution in [0.5, 0.6) is 11.5 Å². The van der Waals surface area contributed by atoms with Crippen molar-refractivity contribution in [3.63, 3.8) is 0 Å². The fourth-order valence-electron chi connectivity index (χ4n) is 3.21. The molecule has 3 aromatic rings. The summed E-state index contributed by atoms with van der Waals surface area (Å²) in [4.78, 5) is 23.5. The van der Waals surface area contributed by atoms with Crippen LogP contribution < -0.4 is 19.1 Å². The van der Waals surface area contributed by atoms with Gasteiger partial charge in [0.15, 0.2) is 11.5 Å². The summed E-state index contributed by atoms with van der Waals surface area (Å²) in [5.41, 5.74) is 0.565. The van der Waals surface area contributed by atoms with E-state index < -0.39 is 28.4 Å². The summed E-state index contributed by atoms with van der Waals surface area (Å²) >= 11 is 1.44. The Morgan fingerprint density at radius 2 is 1.76 bits per heavy atom. The van der Waals surface area contributed by atoms with Crippen molar-refractivity contribution in [2.24, 2.45) is 0 Å². The zero-order valence-electron chi connectivity index (χ0n) is 17.3. The molecule has 1 aliphatic heterocycles. The molecule has 0 radical (unpaired) electrons. The van der Waals surface area contributed by atoms with Gasteiger partial charge in [0.05, 0.1) is 17.1 Å². The Hall–Kier alpha value is -3.57. The first-order valence-electron chi connectivity index (χ1n) is 9.89. The molecule has 2 N–H and O–H groups in total. The van der Waals surface area contributed by atoms with E-state index in [9.17, 15) is 18.0 Å². The Bertz CT molecular complexity index is 1260. The van der Waals surface area contributed by atoms with E-state index >= 15 is 0 Å². The van der Waals surface area contributed by atoms with Crippen LogP contribution in [0.25, 0.3) is 0 Å². The van der Waals surface area contributed by atoms with Crippen molar-refractivity contribution >= 4 is 38.9 Å². The summed E-state index contributed by atoms with van der Waals surface area (Å²) in [7, 11) is -4.01. The molecule has 33 heavy (non-hydrogen) atoms. The van der Waals surface area contributed by atoms with Crippen molar-refractivity contribution in [1.29, 1.82) is 0 Å². The van der Waals surface area contributed by atoms with E-state index in [0.29, 0.717) is 30.4 Å². The van der Waals surface area contributed by atoms with E-state index in [1.165, 1.54) is 39.9 Å². The number of amides is 1. The van der Waals surface area contributed by atoms with Gasteiger partial charge >= 0.3 is 5.97 Å². The first-order chi connectivity index (χ1) is 15.8. The van der Waals surface area contributed by atoms with Crippen molar-refractivity contribution in [1.82, 2.24) is 5.32 Å². The third-order valence-electron chi connectivity index (χ3n) is 4.80. The molecule has 172 valence electrons. The van der Waals surface area contributed by atoms with Gasteiger partial charge in [-0.25, -0.2) is 8.42 Å². The van der Waals surface area contributed by atoms with Gasteiger partial charge in [0.2, 0.25) is 0 Å². The van der Waals surface area contributed by atoms with Crippen LogP contribution in [0, 0.1) is 0 Å². The smallest absolute Gasteiger partial charge is 0.322 e. The second-order valence-electron chi connectivity index (χ2n) is 7.02. The molecule has 1 aromatic heterocycles. The van der Waals surface area contributed by atoms with Crippen molar-refractivity contribution < 1.29 is 32.6 Å². The highest BCUT2D eigenvalue weighted by Crippen LogP contribution is 2.36. The fraction of sp³-hybridized carbons (Fsp3) is 0.182. The molecule has 0 atom stereocenters. The van der Waals surface area contributed by atoms with Crippen LogP contribution in [0.3, 0.4) is 0 Å². The van der Waals surface area contributed by atoms with Gasteiger partial charge in [0.25, 0.3) is 15.9 Å². The van der Waals surface area contributed by atoms with Crippen LogP contribution >= 0.6 is 11.3 Å². The number of thiophene rings is 1. The number of rotatable bonds is 8. The van der Waals surface area contributed by atoms with Crippen LogP contribution in [0.4, 0.5) is 5.69 Å². The van der Waals surface area contributed by atoms with E-state index in [1.807, 2.05) is 17.5 Å². The van der Waals surface area contributed by atoms with Crippen LogP contribution in [0.15, 0.2) is 64.9 Å². The van der Waals surface area contributed by atoms with Crippen molar-refractivity contribution in [2.75, 3.05) is 24.1 Å². The molecule has 0 spiro atoms. The standard InChI is InChI=1S/C22H20N2O7S2/c25-21(26)13-23-22(27)15-3-6-18(7-4-15)33(28,29)24(14-17-2-1-11-32-17)16-5-8-19-20(12-16)31-10-9-30-19/h1-8,11-12H,9-10,13-14H2,(H,23,27)(H,25,26). The Kier molecular flexibility index (Phi) is 6.52. The third-order valence-corrected chi connectivity index (χ3v) is 7.45. The minimum absolute atomic E-state index is 0.0104. The lowest BCUT2D eigenvalue weighted by molar-refractivity contribution is -0.135. The number of anilines is 1. The highest BCUT2D eigenvalue weighted by Gasteiger charge is 2.27. The highest BCUT2D eigenvalue weighted by molar-refractivity contribution is 7.92. The number of aliphatic carboxylic acids is 1. The lowest BCUT2D eigenvalue weighted by atomic mass is 10.2.